The second-order valence-corrected chi connectivity index (χ2v) is 5.26. The van der Waals surface area contributed by atoms with Crippen molar-refractivity contribution in [1.82, 2.24) is 9.97 Å². The van der Waals surface area contributed by atoms with Crippen LogP contribution in [0, 0.1) is 16.0 Å². The molecule has 0 saturated heterocycles. The van der Waals surface area contributed by atoms with Crippen LogP contribution >= 0.6 is 0 Å². The average molecular weight is 279 g/mol. The van der Waals surface area contributed by atoms with Crippen LogP contribution in [0.1, 0.15) is 39.5 Å². The molecule has 0 aromatic carbocycles. The molecule has 2 unspecified atom stereocenters. The molecule has 1 fully saturated rings. The van der Waals surface area contributed by atoms with Gasteiger partial charge in [-0.15, -0.1) is 0 Å². The maximum atomic E-state index is 11.3. The van der Waals surface area contributed by atoms with Gasteiger partial charge in [-0.2, -0.15) is 0 Å². The number of rotatable bonds is 6. The van der Waals surface area contributed by atoms with Crippen molar-refractivity contribution in [3.8, 4) is 0 Å². The van der Waals surface area contributed by atoms with Gasteiger partial charge in [-0.25, -0.2) is 9.97 Å². The Kier molecular flexibility index (Phi) is 4.70. The molecule has 2 rings (SSSR count). The predicted octanol–water partition coefficient (Wildman–Crippen LogP) is 2.81. The Morgan fingerprint density at radius 1 is 1.40 bits per heavy atom. The molecule has 1 heterocycles. The Morgan fingerprint density at radius 2 is 2.15 bits per heavy atom. The number of nitro groups is 1. The minimum absolute atomic E-state index is 0.0555. The second kappa shape index (κ2) is 6.49. The third-order valence-electron chi connectivity index (χ3n) is 3.73. The fourth-order valence-corrected chi connectivity index (χ4v) is 2.57. The topological polar surface area (TPSA) is 93.0 Å². The Bertz CT molecular complexity index is 480. The molecule has 1 aliphatic rings. The minimum Gasteiger partial charge on any atom is -0.364 e. The Morgan fingerprint density at radius 3 is 2.75 bits per heavy atom. The maximum Gasteiger partial charge on any atom is 0.353 e. The van der Waals surface area contributed by atoms with Crippen LogP contribution in [0.15, 0.2) is 6.33 Å². The molecule has 0 spiro atoms. The zero-order chi connectivity index (χ0) is 14.5. The summed E-state index contributed by atoms with van der Waals surface area (Å²) in [6, 6.07) is 0.252. The summed E-state index contributed by atoms with van der Waals surface area (Å²) in [4.78, 5) is 18.9. The SMILES string of the molecule is CCCNc1ncnc(NC2CCCC2C)c1[N+](=O)[O-]. The molecule has 2 atom stereocenters. The fourth-order valence-electron chi connectivity index (χ4n) is 2.57. The first kappa shape index (κ1) is 14.5. The molecule has 7 nitrogen and oxygen atoms in total. The van der Waals surface area contributed by atoms with Gasteiger partial charge in [-0.05, 0) is 25.2 Å². The van der Waals surface area contributed by atoms with E-state index in [2.05, 4.69) is 27.5 Å². The molecule has 1 aromatic rings. The lowest BCUT2D eigenvalue weighted by Crippen LogP contribution is -2.23. The van der Waals surface area contributed by atoms with Gasteiger partial charge in [0.25, 0.3) is 0 Å². The molecule has 110 valence electrons. The highest BCUT2D eigenvalue weighted by Crippen LogP contribution is 2.33. The van der Waals surface area contributed by atoms with Crippen molar-refractivity contribution in [3.05, 3.63) is 16.4 Å². The number of nitrogens with zero attached hydrogens (tertiary/aromatic N) is 3. The molecule has 2 N–H and O–H groups in total. The van der Waals surface area contributed by atoms with Crippen molar-refractivity contribution in [2.45, 2.75) is 45.6 Å². The summed E-state index contributed by atoms with van der Waals surface area (Å²) in [6.07, 6.45) is 5.58. The Hall–Kier alpha value is -1.92. The van der Waals surface area contributed by atoms with Gasteiger partial charge in [0.15, 0.2) is 0 Å². The molecular weight excluding hydrogens is 258 g/mol. The zero-order valence-corrected chi connectivity index (χ0v) is 11.9. The van der Waals surface area contributed by atoms with E-state index in [4.69, 9.17) is 0 Å². The van der Waals surface area contributed by atoms with Crippen LogP contribution in [0.25, 0.3) is 0 Å². The van der Waals surface area contributed by atoms with Gasteiger partial charge in [0, 0.05) is 12.6 Å². The molecule has 0 aliphatic heterocycles. The van der Waals surface area contributed by atoms with Gasteiger partial charge in [0.05, 0.1) is 4.92 Å². The summed E-state index contributed by atoms with van der Waals surface area (Å²) in [7, 11) is 0. The van der Waals surface area contributed by atoms with Crippen LogP contribution in [-0.4, -0.2) is 27.5 Å². The highest BCUT2D eigenvalue weighted by molar-refractivity contribution is 5.69. The van der Waals surface area contributed by atoms with E-state index in [0.29, 0.717) is 24.1 Å². The number of hydrogen-bond acceptors (Lipinski definition) is 6. The molecule has 7 heteroatoms. The second-order valence-electron chi connectivity index (χ2n) is 5.26. The molecule has 20 heavy (non-hydrogen) atoms. The van der Waals surface area contributed by atoms with E-state index in [1.165, 1.54) is 6.33 Å². The standard InChI is InChI=1S/C13H21N5O2/c1-3-7-14-12-11(18(19)20)13(16-8-15-12)17-10-6-4-5-9(10)2/h8-10H,3-7H2,1-2H3,(H2,14,15,16,17). The summed E-state index contributed by atoms with van der Waals surface area (Å²) in [5, 5.41) is 17.5. The molecular formula is C13H21N5O2. The van der Waals surface area contributed by atoms with Gasteiger partial charge >= 0.3 is 5.69 Å². The molecule has 1 aliphatic carbocycles. The van der Waals surface area contributed by atoms with Gasteiger partial charge in [0.1, 0.15) is 6.33 Å². The normalized spacial score (nSPS) is 21.7. The van der Waals surface area contributed by atoms with Crippen molar-refractivity contribution in [1.29, 1.82) is 0 Å². The van der Waals surface area contributed by atoms with E-state index in [1.54, 1.807) is 0 Å². The van der Waals surface area contributed by atoms with Crippen molar-refractivity contribution in [3.63, 3.8) is 0 Å². The highest BCUT2D eigenvalue weighted by atomic mass is 16.6. The van der Waals surface area contributed by atoms with Crippen LogP contribution < -0.4 is 10.6 Å². The lowest BCUT2D eigenvalue weighted by atomic mass is 10.1. The van der Waals surface area contributed by atoms with Crippen LogP contribution in [0.3, 0.4) is 0 Å². The highest BCUT2D eigenvalue weighted by Gasteiger charge is 2.28. The number of aromatic nitrogens is 2. The maximum absolute atomic E-state index is 11.3. The monoisotopic (exact) mass is 279 g/mol. The van der Waals surface area contributed by atoms with E-state index in [-0.39, 0.29) is 11.7 Å². The lowest BCUT2D eigenvalue weighted by Gasteiger charge is -2.18. The van der Waals surface area contributed by atoms with Crippen LogP contribution in [0.4, 0.5) is 17.3 Å². The first-order valence-electron chi connectivity index (χ1n) is 7.13. The van der Waals surface area contributed by atoms with Gasteiger partial charge in [-0.3, -0.25) is 10.1 Å². The molecule has 1 saturated carbocycles. The summed E-state index contributed by atoms with van der Waals surface area (Å²) < 4.78 is 0. The van der Waals surface area contributed by atoms with Crippen LogP contribution in [-0.2, 0) is 0 Å². The quantitative estimate of drug-likeness (QED) is 0.614. The van der Waals surface area contributed by atoms with Crippen molar-refractivity contribution >= 4 is 17.3 Å². The summed E-state index contributed by atoms with van der Waals surface area (Å²) >= 11 is 0. The zero-order valence-electron chi connectivity index (χ0n) is 11.9. The van der Waals surface area contributed by atoms with Crippen molar-refractivity contribution in [2.24, 2.45) is 5.92 Å². The lowest BCUT2D eigenvalue weighted by molar-refractivity contribution is -0.383. The van der Waals surface area contributed by atoms with Gasteiger partial charge < -0.3 is 10.6 Å². The first-order chi connectivity index (χ1) is 9.63. The van der Waals surface area contributed by atoms with Crippen molar-refractivity contribution in [2.75, 3.05) is 17.2 Å². The molecule has 0 bridgehead atoms. The third-order valence-corrected chi connectivity index (χ3v) is 3.73. The van der Waals surface area contributed by atoms with E-state index in [1.807, 2.05) is 6.92 Å². The predicted molar refractivity (Wildman–Crippen MR) is 77.9 cm³/mol. The van der Waals surface area contributed by atoms with E-state index in [9.17, 15) is 10.1 Å². The molecule has 0 radical (unpaired) electrons. The van der Waals surface area contributed by atoms with E-state index in [0.717, 1.165) is 25.7 Å². The first-order valence-corrected chi connectivity index (χ1v) is 7.13. The minimum atomic E-state index is -0.417. The van der Waals surface area contributed by atoms with Crippen LogP contribution in [0.2, 0.25) is 0 Å². The average Bonchev–Trinajstić information content (AvgIpc) is 2.81. The summed E-state index contributed by atoms with van der Waals surface area (Å²) in [5.74, 6) is 1.12. The number of anilines is 2. The smallest absolute Gasteiger partial charge is 0.353 e. The number of nitrogens with one attached hydrogen (secondary N) is 2. The largest absolute Gasteiger partial charge is 0.364 e. The fraction of sp³-hybridized carbons (Fsp3) is 0.692. The Balaban J connectivity index is 2.24. The van der Waals surface area contributed by atoms with Gasteiger partial charge in [0.2, 0.25) is 11.6 Å². The number of hydrogen-bond donors (Lipinski definition) is 2. The third kappa shape index (κ3) is 3.15. The summed E-state index contributed by atoms with van der Waals surface area (Å²) in [6.45, 7) is 4.81. The molecule has 0 amide bonds. The molecule has 1 aromatic heterocycles. The van der Waals surface area contributed by atoms with Crippen molar-refractivity contribution < 1.29 is 4.92 Å². The van der Waals surface area contributed by atoms with Gasteiger partial charge in [-0.1, -0.05) is 20.3 Å². The van der Waals surface area contributed by atoms with E-state index < -0.39 is 4.92 Å². The Labute approximate surface area is 118 Å². The van der Waals surface area contributed by atoms with Crippen LogP contribution in [0.5, 0.6) is 0 Å². The summed E-state index contributed by atoms with van der Waals surface area (Å²) in [5.41, 5.74) is -0.0555. The van der Waals surface area contributed by atoms with E-state index >= 15 is 0 Å².